The Labute approximate surface area is 109 Å². The van der Waals surface area contributed by atoms with Gasteiger partial charge in [0.15, 0.2) is 0 Å². The van der Waals surface area contributed by atoms with Gasteiger partial charge in [0, 0.05) is 33.8 Å². The summed E-state index contributed by atoms with van der Waals surface area (Å²) in [5.41, 5.74) is 1.15. The Morgan fingerprint density at radius 1 is 1.39 bits per heavy atom. The molecule has 0 unspecified atom stereocenters. The van der Waals surface area contributed by atoms with Crippen LogP contribution >= 0.6 is 0 Å². The van der Waals surface area contributed by atoms with Crippen molar-refractivity contribution < 1.29 is 4.79 Å². The number of likely N-dealkylation sites (tertiary alicyclic amines) is 1. The van der Waals surface area contributed by atoms with E-state index in [9.17, 15) is 4.79 Å². The van der Waals surface area contributed by atoms with Crippen molar-refractivity contribution in [3.63, 3.8) is 0 Å². The molecule has 0 saturated carbocycles. The van der Waals surface area contributed by atoms with Crippen molar-refractivity contribution in [2.24, 2.45) is 0 Å². The van der Waals surface area contributed by atoms with Gasteiger partial charge >= 0.3 is 0 Å². The maximum Gasteiger partial charge on any atom is 0.219 e. The molecule has 1 aliphatic rings. The molecule has 1 aliphatic heterocycles. The fraction of sp³-hybridized carbons (Fsp3) is 0.571. The SMILES string of the molecule is CC(=O)N1CCCC[C@@H]1c1ccc(N(C)C)nc1. The molecule has 1 saturated heterocycles. The van der Waals surface area contributed by atoms with Crippen LogP contribution in [0.4, 0.5) is 5.82 Å². The highest BCUT2D eigenvalue weighted by atomic mass is 16.2. The number of carbonyl (C=O) groups excluding carboxylic acids is 1. The number of anilines is 1. The van der Waals surface area contributed by atoms with Crippen LogP contribution in [0.25, 0.3) is 0 Å². The fourth-order valence-corrected chi connectivity index (χ4v) is 2.51. The quantitative estimate of drug-likeness (QED) is 0.804. The largest absolute Gasteiger partial charge is 0.363 e. The van der Waals surface area contributed by atoms with Crippen molar-refractivity contribution in [2.75, 3.05) is 25.5 Å². The van der Waals surface area contributed by atoms with Crippen LogP contribution in [0.2, 0.25) is 0 Å². The van der Waals surface area contributed by atoms with Crippen LogP contribution in [-0.2, 0) is 4.79 Å². The van der Waals surface area contributed by atoms with Gasteiger partial charge in [-0.1, -0.05) is 6.07 Å². The van der Waals surface area contributed by atoms with Crippen LogP contribution < -0.4 is 4.90 Å². The van der Waals surface area contributed by atoms with E-state index in [-0.39, 0.29) is 11.9 Å². The molecule has 1 fully saturated rings. The van der Waals surface area contributed by atoms with Crippen LogP contribution in [0.15, 0.2) is 18.3 Å². The number of rotatable bonds is 2. The number of carbonyl (C=O) groups is 1. The van der Waals surface area contributed by atoms with E-state index in [0.717, 1.165) is 30.8 Å². The zero-order chi connectivity index (χ0) is 13.1. The third-order valence-electron chi connectivity index (χ3n) is 3.52. The average molecular weight is 247 g/mol. The van der Waals surface area contributed by atoms with Crippen molar-refractivity contribution in [3.8, 4) is 0 Å². The zero-order valence-electron chi connectivity index (χ0n) is 11.4. The average Bonchev–Trinajstić information content (AvgIpc) is 2.39. The van der Waals surface area contributed by atoms with Crippen molar-refractivity contribution in [1.82, 2.24) is 9.88 Å². The normalized spacial score (nSPS) is 19.7. The van der Waals surface area contributed by atoms with Gasteiger partial charge in [-0.2, -0.15) is 0 Å². The lowest BCUT2D eigenvalue weighted by molar-refractivity contribution is -0.132. The highest BCUT2D eigenvalue weighted by Gasteiger charge is 2.25. The van der Waals surface area contributed by atoms with Gasteiger partial charge in [0.2, 0.25) is 5.91 Å². The Balaban J connectivity index is 2.20. The van der Waals surface area contributed by atoms with Crippen molar-refractivity contribution >= 4 is 11.7 Å². The number of piperidine rings is 1. The summed E-state index contributed by atoms with van der Waals surface area (Å²) in [7, 11) is 3.95. The third kappa shape index (κ3) is 2.63. The molecular weight excluding hydrogens is 226 g/mol. The maximum atomic E-state index is 11.7. The second-order valence-corrected chi connectivity index (χ2v) is 5.07. The van der Waals surface area contributed by atoms with E-state index in [1.54, 1.807) is 6.92 Å². The summed E-state index contributed by atoms with van der Waals surface area (Å²) in [4.78, 5) is 20.0. The van der Waals surface area contributed by atoms with Gasteiger partial charge < -0.3 is 9.80 Å². The molecule has 2 rings (SSSR count). The van der Waals surface area contributed by atoms with Gasteiger partial charge in [-0.05, 0) is 30.9 Å². The molecule has 18 heavy (non-hydrogen) atoms. The van der Waals surface area contributed by atoms with E-state index >= 15 is 0 Å². The second kappa shape index (κ2) is 5.38. The van der Waals surface area contributed by atoms with E-state index < -0.39 is 0 Å². The van der Waals surface area contributed by atoms with Gasteiger partial charge in [0.1, 0.15) is 5.82 Å². The van der Waals surface area contributed by atoms with E-state index in [2.05, 4.69) is 11.1 Å². The molecule has 0 aliphatic carbocycles. The van der Waals surface area contributed by atoms with Crippen LogP contribution in [0.1, 0.15) is 37.8 Å². The lowest BCUT2D eigenvalue weighted by Crippen LogP contribution is -2.37. The lowest BCUT2D eigenvalue weighted by Gasteiger charge is -2.35. The first-order valence-electron chi connectivity index (χ1n) is 6.50. The monoisotopic (exact) mass is 247 g/mol. The van der Waals surface area contributed by atoms with Crippen molar-refractivity contribution in [2.45, 2.75) is 32.2 Å². The van der Waals surface area contributed by atoms with Gasteiger partial charge in [-0.3, -0.25) is 4.79 Å². The molecule has 98 valence electrons. The van der Waals surface area contributed by atoms with E-state index in [0.29, 0.717) is 0 Å². The van der Waals surface area contributed by atoms with Crippen molar-refractivity contribution in [1.29, 1.82) is 0 Å². The first kappa shape index (κ1) is 12.9. The maximum absolute atomic E-state index is 11.7. The topological polar surface area (TPSA) is 36.4 Å². The molecule has 4 heteroatoms. The van der Waals surface area contributed by atoms with E-state index in [1.165, 1.54) is 6.42 Å². The standard InChI is InChI=1S/C14H21N3O/c1-11(18)17-9-5-4-6-13(17)12-7-8-14(15-10-12)16(2)3/h7-8,10,13H,4-6,9H2,1-3H3/t13-/m1/s1. The van der Waals surface area contributed by atoms with Gasteiger partial charge in [-0.15, -0.1) is 0 Å². The number of hydrogen-bond donors (Lipinski definition) is 0. The highest BCUT2D eigenvalue weighted by molar-refractivity contribution is 5.74. The number of nitrogens with zero attached hydrogens (tertiary/aromatic N) is 3. The Morgan fingerprint density at radius 2 is 2.17 bits per heavy atom. The molecule has 0 spiro atoms. The third-order valence-corrected chi connectivity index (χ3v) is 3.52. The summed E-state index contributed by atoms with van der Waals surface area (Å²) in [5.74, 6) is 1.11. The Bertz CT molecular complexity index is 414. The molecule has 0 N–H and O–H groups in total. The summed E-state index contributed by atoms with van der Waals surface area (Å²) < 4.78 is 0. The molecule has 0 radical (unpaired) electrons. The summed E-state index contributed by atoms with van der Waals surface area (Å²) in [6, 6.07) is 4.32. The second-order valence-electron chi connectivity index (χ2n) is 5.07. The van der Waals surface area contributed by atoms with Crippen LogP contribution in [-0.4, -0.2) is 36.4 Å². The molecule has 1 aromatic rings. The predicted octanol–water partition coefficient (Wildman–Crippen LogP) is 2.22. The Hall–Kier alpha value is -1.58. The molecule has 4 nitrogen and oxygen atoms in total. The predicted molar refractivity (Wildman–Crippen MR) is 72.5 cm³/mol. The van der Waals surface area contributed by atoms with E-state index in [1.807, 2.05) is 36.2 Å². The Kier molecular flexibility index (Phi) is 3.84. The molecule has 1 amide bonds. The smallest absolute Gasteiger partial charge is 0.219 e. The molecule has 1 aromatic heterocycles. The summed E-state index contributed by atoms with van der Waals surface area (Å²) in [5, 5.41) is 0. The van der Waals surface area contributed by atoms with Gasteiger partial charge in [-0.25, -0.2) is 4.98 Å². The minimum Gasteiger partial charge on any atom is -0.363 e. The highest BCUT2D eigenvalue weighted by Crippen LogP contribution is 2.30. The Morgan fingerprint density at radius 3 is 2.72 bits per heavy atom. The van der Waals surface area contributed by atoms with E-state index in [4.69, 9.17) is 0 Å². The molecule has 1 atom stereocenters. The lowest BCUT2D eigenvalue weighted by atomic mass is 9.96. The number of aromatic nitrogens is 1. The zero-order valence-corrected chi connectivity index (χ0v) is 11.4. The van der Waals surface area contributed by atoms with Crippen LogP contribution in [0, 0.1) is 0 Å². The minimum absolute atomic E-state index is 0.163. The first-order valence-corrected chi connectivity index (χ1v) is 6.50. The minimum atomic E-state index is 0.163. The fourth-order valence-electron chi connectivity index (χ4n) is 2.51. The summed E-state index contributed by atoms with van der Waals surface area (Å²) >= 11 is 0. The number of amides is 1. The van der Waals surface area contributed by atoms with Gasteiger partial charge in [0.05, 0.1) is 6.04 Å². The molecule has 0 aromatic carbocycles. The summed E-state index contributed by atoms with van der Waals surface area (Å²) in [6.45, 7) is 2.52. The van der Waals surface area contributed by atoms with Crippen molar-refractivity contribution in [3.05, 3.63) is 23.9 Å². The molecule has 0 bridgehead atoms. The first-order chi connectivity index (χ1) is 8.59. The van der Waals surface area contributed by atoms with Crippen LogP contribution in [0.3, 0.4) is 0 Å². The molecular formula is C14H21N3O. The number of hydrogen-bond acceptors (Lipinski definition) is 3. The molecule has 2 heterocycles. The summed E-state index contributed by atoms with van der Waals surface area (Å²) in [6.07, 6.45) is 5.24. The van der Waals surface area contributed by atoms with Gasteiger partial charge in [0.25, 0.3) is 0 Å². The number of pyridine rings is 1. The van der Waals surface area contributed by atoms with Crippen LogP contribution in [0.5, 0.6) is 0 Å².